The van der Waals surface area contributed by atoms with Gasteiger partial charge >= 0.3 is 0 Å². The van der Waals surface area contributed by atoms with Crippen LogP contribution in [0.4, 0.5) is 0 Å². The first-order valence-electron chi connectivity index (χ1n) is 7.39. The smallest absolute Gasteiger partial charge is 0.282 e. The molecule has 6 nitrogen and oxygen atoms in total. The highest BCUT2D eigenvalue weighted by atomic mass is 16.5. The van der Waals surface area contributed by atoms with E-state index in [2.05, 4.69) is 10.1 Å². The maximum absolute atomic E-state index is 12.6. The van der Waals surface area contributed by atoms with Crippen LogP contribution in [0.3, 0.4) is 0 Å². The molecule has 1 aromatic heterocycles. The zero-order valence-corrected chi connectivity index (χ0v) is 13.7. The molecule has 1 heterocycles. The van der Waals surface area contributed by atoms with E-state index in [9.17, 15) is 4.79 Å². The van der Waals surface area contributed by atoms with E-state index in [0.29, 0.717) is 28.2 Å². The van der Waals surface area contributed by atoms with Crippen LogP contribution in [0.5, 0.6) is 11.5 Å². The summed E-state index contributed by atoms with van der Waals surface area (Å²) in [5, 5.41) is 4.82. The van der Waals surface area contributed by atoms with Gasteiger partial charge in [0.2, 0.25) is 0 Å². The molecule has 0 amide bonds. The van der Waals surface area contributed by atoms with Gasteiger partial charge < -0.3 is 9.47 Å². The van der Waals surface area contributed by atoms with Crippen molar-refractivity contribution in [3.8, 4) is 11.5 Å². The first kappa shape index (κ1) is 15.7. The van der Waals surface area contributed by atoms with Crippen molar-refractivity contribution in [3.63, 3.8) is 0 Å². The van der Waals surface area contributed by atoms with E-state index in [1.807, 2.05) is 18.2 Å². The summed E-state index contributed by atoms with van der Waals surface area (Å²) in [5.41, 5.74) is 1.19. The number of benzene rings is 2. The molecular weight excluding hydrogens is 306 g/mol. The fraction of sp³-hybridized carbons (Fsp3) is 0.167. The molecule has 0 spiro atoms. The molecule has 0 aliphatic heterocycles. The normalized spacial score (nSPS) is 11.1. The van der Waals surface area contributed by atoms with Crippen LogP contribution in [0.2, 0.25) is 0 Å². The van der Waals surface area contributed by atoms with Gasteiger partial charge in [-0.1, -0.05) is 12.1 Å². The lowest BCUT2D eigenvalue weighted by Crippen LogP contribution is -2.20. The van der Waals surface area contributed by atoms with Crippen molar-refractivity contribution in [2.24, 2.45) is 5.10 Å². The van der Waals surface area contributed by atoms with Gasteiger partial charge in [0, 0.05) is 11.6 Å². The number of aryl methyl sites for hydroxylation is 1. The van der Waals surface area contributed by atoms with Crippen LogP contribution in [0.25, 0.3) is 10.9 Å². The molecule has 122 valence electrons. The molecule has 0 saturated heterocycles. The summed E-state index contributed by atoms with van der Waals surface area (Å²) in [6, 6.07) is 12.6. The lowest BCUT2D eigenvalue weighted by molar-refractivity contribution is 0.394. The Bertz CT molecular complexity index is 977. The van der Waals surface area contributed by atoms with Gasteiger partial charge in [-0.2, -0.15) is 9.78 Å². The Morgan fingerprint density at radius 2 is 1.92 bits per heavy atom. The van der Waals surface area contributed by atoms with E-state index in [1.54, 1.807) is 51.6 Å². The molecule has 0 fully saturated rings. The van der Waals surface area contributed by atoms with Gasteiger partial charge in [0.25, 0.3) is 5.56 Å². The lowest BCUT2D eigenvalue weighted by Gasteiger charge is -2.08. The molecule has 6 heteroatoms. The summed E-state index contributed by atoms with van der Waals surface area (Å²) in [5.74, 6) is 1.81. The summed E-state index contributed by atoms with van der Waals surface area (Å²) in [4.78, 5) is 17.0. The molecule has 24 heavy (non-hydrogen) atoms. The van der Waals surface area contributed by atoms with Gasteiger partial charge in [-0.15, -0.1) is 0 Å². The Labute approximate surface area is 139 Å². The van der Waals surface area contributed by atoms with Crippen molar-refractivity contribution in [2.75, 3.05) is 14.2 Å². The topological polar surface area (TPSA) is 65.7 Å². The van der Waals surface area contributed by atoms with E-state index in [-0.39, 0.29) is 5.56 Å². The molecule has 0 bridgehead atoms. The van der Waals surface area contributed by atoms with Crippen LogP contribution in [0.1, 0.15) is 11.4 Å². The number of rotatable bonds is 4. The van der Waals surface area contributed by atoms with Gasteiger partial charge in [0.15, 0.2) is 0 Å². The molecule has 3 rings (SSSR count). The molecule has 0 radical (unpaired) electrons. The fourth-order valence-corrected chi connectivity index (χ4v) is 2.42. The van der Waals surface area contributed by atoms with Gasteiger partial charge in [-0.3, -0.25) is 4.79 Å². The van der Waals surface area contributed by atoms with Crippen molar-refractivity contribution in [2.45, 2.75) is 6.92 Å². The SMILES string of the molecule is COc1ccc(/C=N/n2c(C)nc3ccccc3c2=O)c(OC)c1. The second-order valence-corrected chi connectivity index (χ2v) is 5.15. The Morgan fingerprint density at radius 3 is 2.67 bits per heavy atom. The Morgan fingerprint density at radius 1 is 1.12 bits per heavy atom. The van der Waals surface area contributed by atoms with Crippen LogP contribution >= 0.6 is 0 Å². The largest absolute Gasteiger partial charge is 0.497 e. The standard InChI is InChI=1S/C18H17N3O3/c1-12-20-16-7-5-4-6-15(16)18(22)21(12)19-11-13-8-9-14(23-2)10-17(13)24-3/h4-11H,1-3H3/b19-11+. The number of methoxy groups -OCH3 is 2. The number of aromatic nitrogens is 2. The van der Waals surface area contributed by atoms with Crippen LogP contribution in [0, 0.1) is 6.92 Å². The zero-order chi connectivity index (χ0) is 17.1. The second kappa shape index (κ2) is 6.54. The highest BCUT2D eigenvalue weighted by Crippen LogP contribution is 2.23. The minimum Gasteiger partial charge on any atom is -0.497 e. The van der Waals surface area contributed by atoms with Crippen molar-refractivity contribution >= 4 is 17.1 Å². The van der Waals surface area contributed by atoms with Crippen LogP contribution in [-0.2, 0) is 0 Å². The average Bonchev–Trinajstić information content (AvgIpc) is 2.61. The number of para-hydroxylation sites is 1. The minimum atomic E-state index is -0.207. The molecule has 0 saturated carbocycles. The summed E-state index contributed by atoms with van der Waals surface area (Å²) in [6.45, 7) is 1.75. The monoisotopic (exact) mass is 323 g/mol. The lowest BCUT2D eigenvalue weighted by atomic mass is 10.2. The predicted octanol–water partition coefficient (Wildman–Crippen LogP) is 2.60. The van der Waals surface area contributed by atoms with Crippen LogP contribution in [-0.4, -0.2) is 30.1 Å². The number of hydrogen-bond donors (Lipinski definition) is 0. The van der Waals surface area contributed by atoms with Crippen molar-refractivity contribution in [1.29, 1.82) is 0 Å². The Balaban J connectivity index is 2.07. The van der Waals surface area contributed by atoms with E-state index in [0.717, 1.165) is 5.56 Å². The minimum absolute atomic E-state index is 0.207. The summed E-state index contributed by atoms with van der Waals surface area (Å²) in [6.07, 6.45) is 1.57. The van der Waals surface area contributed by atoms with E-state index >= 15 is 0 Å². The van der Waals surface area contributed by atoms with Gasteiger partial charge in [-0.05, 0) is 31.2 Å². The number of fused-ring (bicyclic) bond motifs is 1. The second-order valence-electron chi connectivity index (χ2n) is 5.15. The van der Waals surface area contributed by atoms with E-state index < -0.39 is 0 Å². The molecule has 3 aromatic rings. The first-order valence-corrected chi connectivity index (χ1v) is 7.39. The molecular formula is C18H17N3O3. The van der Waals surface area contributed by atoms with Gasteiger partial charge in [-0.25, -0.2) is 4.98 Å². The number of ether oxygens (including phenoxy) is 2. The summed E-state index contributed by atoms with van der Waals surface area (Å²) in [7, 11) is 3.16. The molecule has 0 N–H and O–H groups in total. The quantitative estimate of drug-likeness (QED) is 0.692. The molecule has 2 aromatic carbocycles. The predicted molar refractivity (Wildman–Crippen MR) is 93.3 cm³/mol. The highest BCUT2D eigenvalue weighted by Gasteiger charge is 2.07. The average molecular weight is 323 g/mol. The Kier molecular flexibility index (Phi) is 4.29. The van der Waals surface area contributed by atoms with E-state index in [4.69, 9.17) is 9.47 Å². The van der Waals surface area contributed by atoms with Crippen molar-refractivity contribution in [3.05, 3.63) is 64.2 Å². The van der Waals surface area contributed by atoms with Crippen molar-refractivity contribution < 1.29 is 9.47 Å². The molecule has 0 atom stereocenters. The molecule has 0 unspecified atom stereocenters. The molecule has 0 aliphatic carbocycles. The van der Waals surface area contributed by atoms with Crippen LogP contribution < -0.4 is 15.0 Å². The first-order chi connectivity index (χ1) is 11.6. The third kappa shape index (κ3) is 2.86. The van der Waals surface area contributed by atoms with Crippen LogP contribution in [0.15, 0.2) is 52.4 Å². The van der Waals surface area contributed by atoms with Gasteiger partial charge in [0.05, 0.1) is 31.3 Å². The maximum atomic E-state index is 12.6. The van der Waals surface area contributed by atoms with E-state index in [1.165, 1.54) is 4.68 Å². The summed E-state index contributed by atoms with van der Waals surface area (Å²) < 4.78 is 11.8. The fourth-order valence-electron chi connectivity index (χ4n) is 2.42. The zero-order valence-electron chi connectivity index (χ0n) is 13.7. The molecule has 0 aliphatic rings. The number of nitrogens with zero attached hydrogens (tertiary/aromatic N) is 3. The third-order valence-electron chi connectivity index (χ3n) is 3.67. The Hall–Kier alpha value is -3.15. The maximum Gasteiger partial charge on any atom is 0.282 e. The number of hydrogen-bond acceptors (Lipinski definition) is 5. The van der Waals surface area contributed by atoms with Gasteiger partial charge in [0.1, 0.15) is 17.3 Å². The highest BCUT2D eigenvalue weighted by molar-refractivity contribution is 5.84. The third-order valence-corrected chi connectivity index (χ3v) is 3.67. The summed E-state index contributed by atoms with van der Waals surface area (Å²) >= 11 is 0. The van der Waals surface area contributed by atoms with Crippen molar-refractivity contribution in [1.82, 2.24) is 9.66 Å².